The Morgan fingerprint density at radius 3 is 2.46 bits per heavy atom. The van der Waals surface area contributed by atoms with Crippen LogP contribution in [0.25, 0.3) is 0 Å². The van der Waals surface area contributed by atoms with Crippen LogP contribution in [0.15, 0.2) is 42.5 Å². The van der Waals surface area contributed by atoms with Crippen LogP contribution in [0.5, 0.6) is 11.5 Å². The van der Waals surface area contributed by atoms with E-state index in [1.54, 1.807) is 26.0 Å². The topological polar surface area (TPSA) is 47.6 Å². The van der Waals surface area contributed by atoms with E-state index in [-0.39, 0.29) is 5.91 Å². The Labute approximate surface area is 160 Å². The van der Waals surface area contributed by atoms with Gasteiger partial charge in [-0.3, -0.25) is 4.79 Å². The second-order valence-corrected chi connectivity index (χ2v) is 7.05. The highest BCUT2D eigenvalue weighted by Crippen LogP contribution is 2.31. The maximum Gasteiger partial charge on any atom is 0.230 e. The largest absolute Gasteiger partial charge is 0.493 e. The predicted molar refractivity (Wildman–Crippen MR) is 108 cm³/mol. The molecule has 0 aromatic heterocycles. The first-order chi connectivity index (χ1) is 12.6. The van der Waals surface area contributed by atoms with Crippen molar-refractivity contribution in [2.75, 3.05) is 26.5 Å². The number of hydrogen-bond donors (Lipinski definition) is 1. The molecule has 0 aliphatic rings. The summed E-state index contributed by atoms with van der Waals surface area (Å²) in [5.41, 5.74) is 3.60. The van der Waals surface area contributed by atoms with Crippen LogP contribution in [0.1, 0.15) is 23.1 Å². The molecular weight excluding hydrogens is 346 g/mol. The SMILES string of the molecule is COc1cc(C)c(CSCC(=O)NCCCc2ccccc2)cc1OC. The van der Waals surface area contributed by atoms with Gasteiger partial charge in [0.1, 0.15) is 0 Å². The first-order valence-electron chi connectivity index (χ1n) is 8.74. The van der Waals surface area contributed by atoms with Gasteiger partial charge in [-0.2, -0.15) is 0 Å². The third kappa shape index (κ3) is 6.30. The van der Waals surface area contributed by atoms with Crippen molar-refractivity contribution in [1.29, 1.82) is 0 Å². The smallest absolute Gasteiger partial charge is 0.230 e. The maximum atomic E-state index is 12.0. The van der Waals surface area contributed by atoms with Gasteiger partial charge in [0.05, 0.1) is 20.0 Å². The highest BCUT2D eigenvalue weighted by Gasteiger charge is 2.09. The van der Waals surface area contributed by atoms with Crippen LogP contribution in [0.3, 0.4) is 0 Å². The summed E-state index contributed by atoms with van der Waals surface area (Å²) in [5.74, 6) is 2.76. The highest BCUT2D eigenvalue weighted by molar-refractivity contribution is 7.99. The van der Waals surface area contributed by atoms with Crippen molar-refractivity contribution in [3.63, 3.8) is 0 Å². The van der Waals surface area contributed by atoms with Crippen LogP contribution in [-0.4, -0.2) is 32.4 Å². The van der Waals surface area contributed by atoms with Crippen molar-refractivity contribution in [2.24, 2.45) is 0 Å². The molecule has 1 N–H and O–H groups in total. The number of thioether (sulfide) groups is 1. The van der Waals surface area contributed by atoms with Crippen molar-refractivity contribution in [3.05, 3.63) is 59.2 Å². The standard InChI is InChI=1S/C21H27NO3S/c1-16-12-19(24-2)20(25-3)13-18(16)14-26-15-21(23)22-11-7-10-17-8-5-4-6-9-17/h4-6,8-9,12-13H,7,10-11,14-15H2,1-3H3,(H,22,23). The Bertz CT molecular complexity index is 704. The monoisotopic (exact) mass is 373 g/mol. The number of nitrogens with one attached hydrogen (secondary N) is 1. The zero-order chi connectivity index (χ0) is 18.8. The third-order valence-corrected chi connectivity index (χ3v) is 5.12. The fraction of sp³-hybridized carbons (Fsp3) is 0.381. The molecule has 0 atom stereocenters. The summed E-state index contributed by atoms with van der Waals surface area (Å²) >= 11 is 1.61. The average molecular weight is 374 g/mol. The van der Waals surface area contributed by atoms with Crippen molar-refractivity contribution >= 4 is 17.7 Å². The summed E-state index contributed by atoms with van der Waals surface area (Å²) < 4.78 is 10.7. The van der Waals surface area contributed by atoms with E-state index in [0.717, 1.165) is 41.2 Å². The normalized spacial score (nSPS) is 10.4. The lowest BCUT2D eigenvalue weighted by molar-refractivity contribution is -0.118. The number of rotatable bonds is 10. The first-order valence-corrected chi connectivity index (χ1v) is 9.89. The summed E-state index contributed by atoms with van der Waals surface area (Å²) in [5, 5.41) is 2.99. The van der Waals surface area contributed by atoms with Crippen LogP contribution in [0.2, 0.25) is 0 Å². The van der Waals surface area contributed by atoms with Crippen LogP contribution in [0, 0.1) is 6.92 Å². The van der Waals surface area contributed by atoms with Crippen LogP contribution >= 0.6 is 11.8 Å². The second-order valence-electron chi connectivity index (χ2n) is 6.07. The Morgan fingerprint density at radius 2 is 1.77 bits per heavy atom. The molecule has 0 fully saturated rings. The number of methoxy groups -OCH3 is 2. The van der Waals surface area contributed by atoms with E-state index in [1.807, 2.05) is 37.3 Å². The van der Waals surface area contributed by atoms with Gasteiger partial charge in [0.25, 0.3) is 0 Å². The number of aryl methyl sites for hydroxylation is 2. The van der Waals surface area contributed by atoms with E-state index in [2.05, 4.69) is 17.4 Å². The van der Waals surface area contributed by atoms with Gasteiger partial charge in [-0.05, 0) is 48.6 Å². The Kier molecular flexibility index (Phi) is 8.35. The third-order valence-electron chi connectivity index (χ3n) is 4.14. The number of benzene rings is 2. The summed E-state index contributed by atoms with van der Waals surface area (Å²) in [6.45, 7) is 2.76. The number of carbonyl (C=O) groups excluding carboxylic acids is 1. The van der Waals surface area contributed by atoms with E-state index in [1.165, 1.54) is 5.56 Å². The molecule has 26 heavy (non-hydrogen) atoms. The molecular formula is C21H27NO3S. The Balaban J connectivity index is 1.69. The predicted octanol–water partition coefficient (Wildman–Crippen LogP) is 3.99. The van der Waals surface area contributed by atoms with Gasteiger partial charge in [0, 0.05) is 12.3 Å². The molecule has 0 radical (unpaired) electrons. The zero-order valence-electron chi connectivity index (χ0n) is 15.7. The molecule has 4 nitrogen and oxygen atoms in total. The summed E-state index contributed by atoms with van der Waals surface area (Å²) in [4.78, 5) is 12.0. The van der Waals surface area contributed by atoms with E-state index in [4.69, 9.17) is 9.47 Å². The molecule has 140 valence electrons. The lowest BCUT2D eigenvalue weighted by Crippen LogP contribution is -2.26. The van der Waals surface area contributed by atoms with Crippen LogP contribution in [-0.2, 0) is 17.0 Å². The minimum absolute atomic E-state index is 0.0844. The lowest BCUT2D eigenvalue weighted by Gasteiger charge is -2.12. The van der Waals surface area contributed by atoms with Gasteiger partial charge in [-0.25, -0.2) is 0 Å². The maximum absolute atomic E-state index is 12.0. The molecule has 0 saturated heterocycles. The molecule has 5 heteroatoms. The molecule has 0 unspecified atom stereocenters. The molecule has 0 aliphatic carbocycles. The number of amides is 1. The average Bonchev–Trinajstić information content (AvgIpc) is 2.67. The molecule has 2 aromatic rings. The lowest BCUT2D eigenvalue weighted by atomic mass is 10.1. The van der Waals surface area contributed by atoms with Gasteiger partial charge in [0.2, 0.25) is 5.91 Å². The summed E-state index contributed by atoms with van der Waals surface area (Å²) in [7, 11) is 3.26. The molecule has 2 aromatic carbocycles. The van der Waals surface area contributed by atoms with Crippen molar-refractivity contribution in [1.82, 2.24) is 5.32 Å². The van der Waals surface area contributed by atoms with Crippen molar-refractivity contribution in [3.8, 4) is 11.5 Å². The molecule has 0 aliphatic heterocycles. The zero-order valence-corrected chi connectivity index (χ0v) is 16.5. The van der Waals surface area contributed by atoms with E-state index in [9.17, 15) is 4.79 Å². The number of carbonyl (C=O) groups is 1. The van der Waals surface area contributed by atoms with E-state index < -0.39 is 0 Å². The Morgan fingerprint density at radius 1 is 1.08 bits per heavy atom. The van der Waals surface area contributed by atoms with Crippen molar-refractivity contribution < 1.29 is 14.3 Å². The fourth-order valence-electron chi connectivity index (χ4n) is 2.65. The van der Waals surface area contributed by atoms with Crippen molar-refractivity contribution in [2.45, 2.75) is 25.5 Å². The van der Waals surface area contributed by atoms with Crippen LogP contribution < -0.4 is 14.8 Å². The Hall–Kier alpha value is -2.14. The van der Waals surface area contributed by atoms with Gasteiger partial charge >= 0.3 is 0 Å². The molecule has 0 saturated carbocycles. The molecule has 0 spiro atoms. The quantitative estimate of drug-likeness (QED) is 0.640. The molecule has 2 rings (SSSR count). The van der Waals surface area contributed by atoms with Gasteiger partial charge < -0.3 is 14.8 Å². The highest BCUT2D eigenvalue weighted by atomic mass is 32.2. The minimum Gasteiger partial charge on any atom is -0.493 e. The number of hydrogen-bond acceptors (Lipinski definition) is 4. The second kappa shape index (κ2) is 10.8. The summed E-state index contributed by atoms with van der Waals surface area (Å²) in [6, 6.07) is 14.3. The van der Waals surface area contributed by atoms with Crippen LogP contribution in [0.4, 0.5) is 0 Å². The molecule has 1 amide bonds. The molecule has 0 bridgehead atoms. The van der Waals surface area contributed by atoms with Gasteiger partial charge in [0.15, 0.2) is 11.5 Å². The molecule has 0 heterocycles. The van der Waals surface area contributed by atoms with E-state index in [0.29, 0.717) is 12.3 Å². The van der Waals surface area contributed by atoms with Gasteiger partial charge in [-0.1, -0.05) is 30.3 Å². The van der Waals surface area contributed by atoms with E-state index >= 15 is 0 Å². The minimum atomic E-state index is 0.0844. The summed E-state index contributed by atoms with van der Waals surface area (Å²) in [6.07, 6.45) is 1.94. The fourth-order valence-corrected chi connectivity index (χ4v) is 3.57. The number of ether oxygens (including phenoxy) is 2. The first kappa shape index (κ1) is 20.2. The van der Waals surface area contributed by atoms with Gasteiger partial charge in [-0.15, -0.1) is 11.8 Å².